The standard InChI is InChI=1S/C29H32ClNO5.C13H19NO2S/c1-3-26(36-18(2)32)23-9-6-21(23)15-31-16-29(12-4-5-19-13-22(30)8-10-24(19)29)17-35-27-11-7-20(28(33)34)14-25(27)31;1-3-7-11(2)13(17(14,15)16)10-12-8-5-4-6-9-12/h3,7-8,10-11,13-14,21,23,26H,1,4-6,9,12,15-17H2,2H3,(H,33,34);3-6,8-9,11,13H,1,7,10H2,2H3,(H2,14,15,16)/t21-,23+,26-,29-;11-,13?/m00/s1. The molecule has 1 spiro atoms. The van der Waals surface area contributed by atoms with E-state index in [2.05, 4.69) is 30.2 Å². The number of carboxylic acid groups (broad SMARTS) is 1. The number of sulfonamides is 1. The van der Waals surface area contributed by atoms with Crippen LogP contribution in [0.1, 0.15) is 73.0 Å². The molecule has 284 valence electrons. The number of anilines is 1. The lowest BCUT2D eigenvalue weighted by Crippen LogP contribution is -2.49. The Morgan fingerprint density at radius 1 is 1.13 bits per heavy atom. The molecular formula is C42H51ClN2O7S. The molecule has 1 fully saturated rings. The summed E-state index contributed by atoms with van der Waals surface area (Å²) in [6.45, 7) is 12.8. The number of rotatable bonds is 12. The number of nitrogens with zero attached hydrogens (tertiary/aromatic N) is 1. The Kier molecular flexibility index (Phi) is 13.1. The van der Waals surface area contributed by atoms with Crippen LogP contribution in [0.5, 0.6) is 5.75 Å². The molecule has 3 N–H and O–H groups in total. The third-order valence-electron chi connectivity index (χ3n) is 11.0. The molecule has 1 saturated carbocycles. The van der Waals surface area contributed by atoms with Gasteiger partial charge in [-0.25, -0.2) is 18.4 Å². The van der Waals surface area contributed by atoms with Crippen molar-refractivity contribution < 1.29 is 32.6 Å². The van der Waals surface area contributed by atoms with Crippen molar-refractivity contribution in [3.8, 4) is 5.75 Å². The molecule has 0 amide bonds. The summed E-state index contributed by atoms with van der Waals surface area (Å²) >= 11 is 6.33. The monoisotopic (exact) mass is 762 g/mol. The van der Waals surface area contributed by atoms with E-state index in [1.807, 2.05) is 43.3 Å². The summed E-state index contributed by atoms with van der Waals surface area (Å²) in [5, 5.41) is 15.2. The van der Waals surface area contributed by atoms with Crippen molar-refractivity contribution in [3.63, 3.8) is 0 Å². The average molecular weight is 763 g/mol. The summed E-state index contributed by atoms with van der Waals surface area (Å²) in [5.41, 5.74) is 4.33. The van der Waals surface area contributed by atoms with Gasteiger partial charge in [-0.05, 0) is 104 Å². The molecule has 6 atom stereocenters. The molecule has 0 saturated heterocycles. The van der Waals surface area contributed by atoms with E-state index in [1.165, 1.54) is 18.1 Å². The molecule has 0 radical (unpaired) electrons. The highest BCUT2D eigenvalue weighted by Gasteiger charge is 2.44. The van der Waals surface area contributed by atoms with Crippen LogP contribution in [0.25, 0.3) is 0 Å². The maximum Gasteiger partial charge on any atom is 0.335 e. The Morgan fingerprint density at radius 3 is 2.51 bits per heavy atom. The first-order chi connectivity index (χ1) is 25.2. The van der Waals surface area contributed by atoms with Crippen LogP contribution in [-0.2, 0) is 37.8 Å². The molecule has 1 unspecified atom stereocenters. The molecule has 1 aliphatic heterocycles. The van der Waals surface area contributed by atoms with E-state index < -0.39 is 21.2 Å². The predicted molar refractivity (Wildman–Crippen MR) is 210 cm³/mol. The Balaban J connectivity index is 0.000000268. The fourth-order valence-electron chi connectivity index (χ4n) is 8.19. The zero-order valence-electron chi connectivity index (χ0n) is 30.6. The topological polar surface area (TPSA) is 136 Å². The summed E-state index contributed by atoms with van der Waals surface area (Å²) in [4.78, 5) is 25.8. The van der Waals surface area contributed by atoms with E-state index in [-0.39, 0.29) is 40.8 Å². The number of carbonyl (C=O) groups is 2. The van der Waals surface area contributed by atoms with Gasteiger partial charge in [0.25, 0.3) is 0 Å². The maximum atomic E-state index is 11.8. The van der Waals surface area contributed by atoms with Crippen molar-refractivity contribution in [2.45, 2.75) is 75.6 Å². The lowest BCUT2D eigenvalue weighted by atomic mass is 9.68. The zero-order valence-corrected chi connectivity index (χ0v) is 32.2. The van der Waals surface area contributed by atoms with Crippen molar-refractivity contribution in [1.82, 2.24) is 0 Å². The van der Waals surface area contributed by atoms with E-state index in [0.29, 0.717) is 31.7 Å². The second-order valence-corrected chi connectivity index (χ2v) is 16.9. The summed E-state index contributed by atoms with van der Waals surface area (Å²) in [6.07, 6.45) is 9.23. The first kappa shape index (κ1) is 40.1. The number of aromatic carboxylic acids is 1. The van der Waals surface area contributed by atoms with E-state index >= 15 is 0 Å². The summed E-state index contributed by atoms with van der Waals surface area (Å²) in [5.74, 6) is -0.108. The molecule has 1 heterocycles. The van der Waals surface area contributed by atoms with Gasteiger partial charge in [-0.15, -0.1) is 6.58 Å². The number of carboxylic acids is 1. The van der Waals surface area contributed by atoms with Crippen molar-refractivity contribution in [2.75, 3.05) is 24.6 Å². The zero-order chi connectivity index (χ0) is 38.3. The van der Waals surface area contributed by atoms with Crippen LogP contribution >= 0.6 is 11.6 Å². The minimum atomic E-state index is -3.53. The number of halogens is 1. The van der Waals surface area contributed by atoms with Crippen LogP contribution < -0.4 is 14.8 Å². The number of primary sulfonamides is 1. The smallest absolute Gasteiger partial charge is 0.335 e. The van der Waals surface area contributed by atoms with Crippen LogP contribution in [0.4, 0.5) is 5.69 Å². The van der Waals surface area contributed by atoms with Gasteiger partial charge >= 0.3 is 11.9 Å². The van der Waals surface area contributed by atoms with Crippen LogP contribution in [-0.4, -0.2) is 56.5 Å². The highest BCUT2D eigenvalue weighted by Crippen LogP contribution is 2.47. The van der Waals surface area contributed by atoms with Crippen molar-refractivity contribution in [2.24, 2.45) is 22.9 Å². The number of benzene rings is 3. The highest BCUT2D eigenvalue weighted by molar-refractivity contribution is 7.89. The molecular weight excluding hydrogens is 712 g/mol. The van der Waals surface area contributed by atoms with E-state index in [0.717, 1.165) is 54.9 Å². The SMILES string of the molecule is C=CC[C@H](C)C(Cc1ccccc1)S(N)(=O)=O.C=C[C@H](OC(C)=O)[C@@H]1CC[C@H]1CN1C[C@@]2(CCCc3cc(Cl)ccc32)COc2ccc(C(=O)O)cc21. The first-order valence-corrected chi connectivity index (χ1v) is 20.2. The van der Waals surface area contributed by atoms with Crippen LogP contribution in [0.2, 0.25) is 5.02 Å². The normalized spacial score (nSPS) is 22.2. The average Bonchev–Trinajstić information content (AvgIpc) is 3.25. The van der Waals surface area contributed by atoms with Gasteiger partial charge in [0.2, 0.25) is 10.0 Å². The molecule has 3 aliphatic rings. The number of allylic oxidation sites excluding steroid dienone is 1. The van der Waals surface area contributed by atoms with Gasteiger partial charge in [-0.2, -0.15) is 0 Å². The molecule has 0 aromatic heterocycles. The number of fused-ring (bicyclic) bond motifs is 3. The summed E-state index contributed by atoms with van der Waals surface area (Å²) in [7, 11) is -3.53. The van der Waals surface area contributed by atoms with Crippen LogP contribution in [0.3, 0.4) is 0 Å². The lowest BCUT2D eigenvalue weighted by molar-refractivity contribution is -0.149. The number of hydrogen-bond donors (Lipinski definition) is 2. The first-order valence-electron chi connectivity index (χ1n) is 18.2. The number of esters is 1. The van der Waals surface area contributed by atoms with E-state index in [9.17, 15) is 23.1 Å². The number of hydrogen-bond acceptors (Lipinski definition) is 7. The molecule has 9 nitrogen and oxygen atoms in total. The molecule has 2 aliphatic carbocycles. The Morgan fingerprint density at radius 2 is 1.89 bits per heavy atom. The Labute approximate surface area is 318 Å². The molecule has 53 heavy (non-hydrogen) atoms. The van der Waals surface area contributed by atoms with Crippen molar-refractivity contribution in [1.29, 1.82) is 0 Å². The third-order valence-corrected chi connectivity index (χ3v) is 12.8. The largest absolute Gasteiger partial charge is 0.490 e. The van der Waals surface area contributed by atoms with E-state index in [4.69, 9.17) is 26.2 Å². The number of nitrogens with two attached hydrogens (primary N) is 1. The van der Waals surface area contributed by atoms with Gasteiger partial charge in [0.15, 0.2) is 0 Å². The predicted octanol–water partition coefficient (Wildman–Crippen LogP) is 7.75. The van der Waals surface area contributed by atoms with Crippen molar-refractivity contribution >= 4 is 39.3 Å². The van der Waals surface area contributed by atoms with Gasteiger partial charge in [-0.1, -0.05) is 73.7 Å². The van der Waals surface area contributed by atoms with Gasteiger partial charge in [0.05, 0.1) is 23.1 Å². The van der Waals surface area contributed by atoms with Crippen LogP contribution in [0.15, 0.2) is 92.0 Å². The van der Waals surface area contributed by atoms with Gasteiger partial charge in [0, 0.05) is 36.4 Å². The second kappa shape index (κ2) is 17.3. The minimum Gasteiger partial charge on any atom is -0.490 e. The summed E-state index contributed by atoms with van der Waals surface area (Å²) < 4.78 is 35.2. The molecule has 11 heteroatoms. The Bertz CT molecular complexity index is 1900. The lowest BCUT2D eigenvalue weighted by Gasteiger charge is -2.45. The third kappa shape index (κ3) is 9.71. The number of ether oxygens (including phenoxy) is 2. The maximum absolute atomic E-state index is 11.8. The molecule has 3 aromatic rings. The van der Waals surface area contributed by atoms with E-state index in [1.54, 1.807) is 30.4 Å². The fraction of sp³-hybridized carbons (Fsp3) is 0.429. The Hall–Kier alpha value is -4.12. The van der Waals surface area contributed by atoms with Gasteiger partial charge in [0.1, 0.15) is 11.9 Å². The second-order valence-electron chi connectivity index (χ2n) is 14.7. The quantitative estimate of drug-likeness (QED) is 0.141. The molecule has 0 bridgehead atoms. The molecule has 3 aromatic carbocycles. The summed E-state index contributed by atoms with van der Waals surface area (Å²) in [6, 6.07) is 20.8. The highest BCUT2D eigenvalue weighted by atomic mass is 35.5. The number of aryl methyl sites for hydroxylation is 1. The van der Waals surface area contributed by atoms with Gasteiger partial charge < -0.3 is 19.5 Å². The minimum absolute atomic E-state index is 0.0253. The van der Waals surface area contributed by atoms with Gasteiger partial charge in [-0.3, -0.25) is 4.79 Å². The molecule has 6 rings (SSSR count). The fourth-order valence-corrected chi connectivity index (χ4v) is 9.57. The van der Waals surface area contributed by atoms with Crippen molar-refractivity contribution in [3.05, 3.63) is 119 Å². The van der Waals surface area contributed by atoms with Crippen LogP contribution in [0, 0.1) is 17.8 Å². The number of carbonyl (C=O) groups excluding carboxylic acids is 1.